The SMILES string of the molecule is C/C(=N\Nc1nc2ccccc2n1CCNC(=O)CCCCCCCCN[C@H](C(=O)N1C[C@H](O)C[C@H]1C(=O)N[C@@H](C)c1ccc(-c2scnc2C)cc1)C(C)(C)C)c1ccccn1. The van der Waals surface area contributed by atoms with Crippen molar-refractivity contribution in [2.75, 3.05) is 25.1 Å². The highest BCUT2D eigenvalue weighted by Crippen LogP contribution is 2.30. The number of thiazole rings is 1. The number of rotatable bonds is 21. The normalized spacial score (nSPS) is 16.6. The summed E-state index contributed by atoms with van der Waals surface area (Å²) in [6, 6.07) is 20.2. The molecule has 0 spiro atoms. The zero-order valence-electron chi connectivity index (χ0n) is 37.6. The molecular weight excluding hydrogens is 813 g/mol. The molecule has 0 bridgehead atoms. The number of anilines is 1. The molecule has 0 unspecified atom stereocenters. The smallest absolute Gasteiger partial charge is 0.243 e. The van der Waals surface area contributed by atoms with Crippen molar-refractivity contribution >= 4 is 51.8 Å². The third kappa shape index (κ3) is 12.8. The first-order valence-corrected chi connectivity index (χ1v) is 23.1. The number of fused-ring (bicyclic) bond motifs is 1. The van der Waals surface area contributed by atoms with Crippen LogP contribution in [-0.2, 0) is 20.9 Å². The maximum absolute atomic E-state index is 14.1. The third-order valence-corrected chi connectivity index (χ3v) is 12.6. The van der Waals surface area contributed by atoms with Crippen LogP contribution in [0.1, 0.15) is 109 Å². The number of amides is 3. The average Bonchev–Trinajstić information content (AvgIpc) is 3.99. The van der Waals surface area contributed by atoms with Crippen LogP contribution in [0.2, 0.25) is 0 Å². The molecule has 3 amide bonds. The molecule has 2 aromatic carbocycles. The van der Waals surface area contributed by atoms with E-state index in [9.17, 15) is 19.5 Å². The predicted octanol–water partition coefficient (Wildman–Crippen LogP) is 7.39. The van der Waals surface area contributed by atoms with Crippen LogP contribution in [-0.4, -0.2) is 90.8 Å². The Hall–Kier alpha value is -5.51. The Kier molecular flexibility index (Phi) is 16.6. The van der Waals surface area contributed by atoms with E-state index in [0.717, 1.165) is 82.7 Å². The summed E-state index contributed by atoms with van der Waals surface area (Å²) in [5.74, 6) is 0.213. The molecular formula is C48H64N10O4S. The van der Waals surface area contributed by atoms with Gasteiger partial charge in [-0.3, -0.25) is 19.4 Å². The number of imidazole rings is 1. The van der Waals surface area contributed by atoms with Gasteiger partial charge in [0, 0.05) is 38.7 Å². The third-order valence-electron chi connectivity index (χ3n) is 11.6. The predicted molar refractivity (Wildman–Crippen MR) is 251 cm³/mol. The number of aryl methyl sites for hydroxylation is 1. The van der Waals surface area contributed by atoms with Crippen LogP contribution in [0.15, 0.2) is 83.5 Å². The first kappa shape index (κ1) is 47.0. The van der Waals surface area contributed by atoms with Crippen molar-refractivity contribution < 1.29 is 19.5 Å². The topological polar surface area (TPSA) is 179 Å². The second kappa shape index (κ2) is 22.2. The van der Waals surface area contributed by atoms with Gasteiger partial charge in [0.2, 0.25) is 23.7 Å². The molecule has 4 atom stereocenters. The number of hydrogen-bond donors (Lipinski definition) is 5. The molecule has 0 aliphatic carbocycles. The summed E-state index contributed by atoms with van der Waals surface area (Å²) >= 11 is 1.60. The van der Waals surface area contributed by atoms with Gasteiger partial charge in [0.15, 0.2) is 0 Å². The number of benzene rings is 2. The highest BCUT2D eigenvalue weighted by molar-refractivity contribution is 7.13. The first-order chi connectivity index (χ1) is 30.3. The summed E-state index contributed by atoms with van der Waals surface area (Å²) in [6.45, 7) is 13.7. The number of β-amino-alcohol motifs (C(OH)–C–C–N with tert-alkyl or cyclic N) is 1. The van der Waals surface area contributed by atoms with Crippen LogP contribution >= 0.6 is 11.3 Å². The summed E-state index contributed by atoms with van der Waals surface area (Å²) < 4.78 is 2.03. The summed E-state index contributed by atoms with van der Waals surface area (Å²) in [6.07, 6.45) is 7.41. The molecule has 1 aliphatic rings. The highest BCUT2D eigenvalue weighted by atomic mass is 32.1. The number of hydrogen-bond acceptors (Lipinski definition) is 11. The molecule has 4 heterocycles. The Morgan fingerprint density at radius 2 is 1.67 bits per heavy atom. The van der Waals surface area contributed by atoms with Gasteiger partial charge in [0.25, 0.3) is 0 Å². The van der Waals surface area contributed by atoms with E-state index in [1.165, 1.54) is 0 Å². The van der Waals surface area contributed by atoms with E-state index in [1.54, 1.807) is 22.4 Å². The van der Waals surface area contributed by atoms with E-state index >= 15 is 0 Å². The number of para-hydroxylation sites is 2. The van der Waals surface area contributed by atoms with Gasteiger partial charge in [-0.2, -0.15) is 5.10 Å². The largest absolute Gasteiger partial charge is 0.391 e. The number of nitrogens with zero attached hydrogens (tertiary/aromatic N) is 6. The number of aliphatic hydroxyl groups excluding tert-OH is 1. The Morgan fingerprint density at radius 1 is 0.937 bits per heavy atom. The summed E-state index contributed by atoms with van der Waals surface area (Å²) in [7, 11) is 0. The summed E-state index contributed by atoms with van der Waals surface area (Å²) in [4.78, 5) is 56.6. The van der Waals surface area contributed by atoms with Gasteiger partial charge in [-0.15, -0.1) is 11.3 Å². The van der Waals surface area contributed by atoms with Gasteiger partial charge in [-0.05, 0) is 81.0 Å². The fourth-order valence-electron chi connectivity index (χ4n) is 8.05. The van der Waals surface area contributed by atoms with Crippen molar-refractivity contribution in [1.82, 2.24) is 40.4 Å². The van der Waals surface area contributed by atoms with Crippen molar-refractivity contribution in [2.24, 2.45) is 10.5 Å². The quantitative estimate of drug-likeness (QED) is 0.0286. The molecule has 3 aromatic heterocycles. The number of hydrazone groups is 1. The van der Waals surface area contributed by atoms with E-state index in [1.807, 2.05) is 118 Å². The van der Waals surface area contributed by atoms with Crippen LogP contribution in [0.25, 0.3) is 21.5 Å². The molecule has 336 valence electrons. The lowest BCUT2D eigenvalue weighted by atomic mass is 9.85. The highest BCUT2D eigenvalue weighted by Gasteiger charge is 2.44. The summed E-state index contributed by atoms with van der Waals surface area (Å²) in [5, 5.41) is 24.8. The number of pyridine rings is 1. The molecule has 63 heavy (non-hydrogen) atoms. The van der Waals surface area contributed by atoms with Crippen molar-refractivity contribution in [2.45, 2.75) is 124 Å². The van der Waals surface area contributed by atoms with E-state index in [2.05, 4.69) is 36.4 Å². The van der Waals surface area contributed by atoms with Crippen molar-refractivity contribution in [3.05, 3.63) is 95.4 Å². The van der Waals surface area contributed by atoms with E-state index in [4.69, 9.17) is 4.98 Å². The molecule has 1 aliphatic heterocycles. The second-order valence-corrected chi connectivity index (χ2v) is 18.4. The van der Waals surface area contributed by atoms with E-state index < -0.39 is 23.6 Å². The first-order valence-electron chi connectivity index (χ1n) is 22.3. The van der Waals surface area contributed by atoms with Crippen LogP contribution in [0, 0.1) is 12.3 Å². The fourth-order valence-corrected chi connectivity index (χ4v) is 8.86. The van der Waals surface area contributed by atoms with E-state index in [0.29, 0.717) is 32.0 Å². The van der Waals surface area contributed by atoms with Gasteiger partial charge in [-0.1, -0.05) is 88.9 Å². The Labute approximate surface area is 375 Å². The standard InChI is InChI=1S/C48H64N10O4S/c1-32(35-21-23-36(24-22-35)43-34(3)52-31-63-43)53-45(61)41-29-37(59)30-58(41)46(62)44(48(4,5)6)51-26-15-10-8-7-9-11-20-42(60)50-27-28-57-40-19-13-12-18-39(40)54-47(57)56-55-33(2)38-17-14-16-25-49-38/h12-14,16-19,21-25,31-32,37,41,44,51,59H,7-11,15,20,26-30H2,1-6H3,(H,50,60)(H,53,61)(H,54,56)/b55-33+/t32-,37+,41-,44+/m0/s1. The number of aliphatic hydroxyl groups is 1. The minimum atomic E-state index is -0.763. The lowest BCUT2D eigenvalue weighted by molar-refractivity contribution is -0.142. The molecule has 15 heteroatoms. The average molecular weight is 877 g/mol. The van der Waals surface area contributed by atoms with E-state index in [-0.39, 0.29) is 36.7 Å². The van der Waals surface area contributed by atoms with Gasteiger partial charge in [0.05, 0.1) is 56.7 Å². The number of carbonyl (C=O) groups is 3. The van der Waals surface area contributed by atoms with Gasteiger partial charge in [-0.25, -0.2) is 15.4 Å². The zero-order chi connectivity index (χ0) is 44.9. The Balaban J connectivity index is 0.882. The molecule has 6 rings (SSSR count). The summed E-state index contributed by atoms with van der Waals surface area (Å²) in [5.41, 5.74) is 10.9. The number of nitrogens with one attached hydrogen (secondary N) is 4. The molecule has 5 aromatic rings. The van der Waals surface area contributed by atoms with Crippen LogP contribution in [0.3, 0.4) is 0 Å². The zero-order valence-corrected chi connectivity index (χ0v) is 38.4. The maximum atomic E-state index is 14.1. The molecule has 0 radical (unpaired) electrons. The molecule has 14 nitrogen and oxygen atoms in total. The molecule has 5 N–H and O–H groups in total. The lowest BCUT2D eigenvalue weighted by Gasteiger charge is -2.35. The second-order valence-electron chi connectivity index (χ2n) is 17.6. The monoisotopic (exact) mass is 876 g/mol. The maximum Gasteiger partial charge on any atom is 0.243 e. The number of likely N-dealkylation sites (tertiary alicyclic amines) is 1. The number of aromatic nitrogens is 4. The minimum absolute atomic E-state index is 0.0349. The Morgan fingerprint density at radius 3 is 2.38 bits per heavy atom. The van der Waals surface area contributed by atoms with Gasteiger partial charge < -0.3 is 30.5 Å². The minimum Gasteiger partial charge on any atom is -0.391 e. The number of carbonyl (C=O) groups excluding carboxylic acids is 3. The fraction of sp³-hybridized carbons (Fsp3) is 0.479. The van der Waals surface area contributed by atoms with Crippen molar-refractivity contribution in [3.63, 3.8) is 0 Å². The lowest BCUT2D eigenvalue weighted by Crippen LogP contribution is -2.56. The van der Waals surface area contributed by atoms with Crippen LogP contribution < -0.4 is 21.4 Å². The van der Waals surface area contributed by atoms with Gasteiger partial charge >= 0.3 is 0 Å². The molecule has 1 fully saturated rings. The number of unbranched alkanes of at least 4 members (excludes halogenated alkanes) is 5. The van der Waals surface area contributed by atoms with Crippen molar-refractivity contribution in [3.8, 4) is 10.4 Å². The molecule has 1 saturated heterocycles. The Bertz CT molecular complexity index is 2300. The van der Waals surface area contributed by atoms with Crippen LogP contribution in [0.5, 0.6) is 0 Å². The molecule has 0 saturated carbocycles. The van der Waals surface area contributed by atoms with Gasteiger partial charge in [0.1, 0.15) is 6.04 Å². The van der Waals surface area contributed by atoms with Crippen LogP contribution in [0.4, 0.5) is 5.95 Å². The van der Waals surface area contributed by atoms with Crippen molar-refractivity contribution in [1.29, 1.82) is 0 Å².